The van der Waals surface area contributed by atoms with Crippen molar-refractivity contribution in [3.63, 3.8) is 0 Å². The van der Waals surface area contributed by atoms with Crippen LogP contribution >= 0.6 is 0 Å². The van der Waals surface area contributed by atoms with Gasteiger partial charge in [0.15, 0.2) is 18.1 Å². The molecule has 1 unspecified atom stereocenters. The lowest BCUT2D eigenvalue weighted by molar-refractivity contribution is -0.119. The van der Waals surface area contributed by atoms with E-state index in [-0.39, 0.29) is 18.6 Å². The number of hydrogen-bond donors (Lipinski definition) is 2. The van der Waals surface area contributed by atoms with Crippen molar-refractivity contribution in [2.24, 2.45) is 5.73 Å². The second-order valence-electron chi connectivity index (χ2n) is 6.64. The molecule has 0 heterocycles. The molecule has 6 heteroatoms. The van der Waals surface area contributed by atoms with Gasteiger partial charge in [0.05, 0.1) is 13.2 Å². The molecule has 0 aliphatic carbocycles. The van der Waals surface area contributed by atoms with E-state index in [1.807, 2.05) is 19.1 Å². The molecule has 0 bridgehead atoms. The number of nitrogens with two attached hydrogens (primary N) is 1. The van der Waals surface area contributed by atoms with E-state index in [9.17, 15) is 9.59 Å². The van der Waals surface area contributed by atoms with Gasteiger partial charge in [-0.3, -0.25) is 9.59 Å². The maximum atomic E-state index is 12.6. The molecule has 6 nitrogen and oxygen atoms in total. The molecule has 2 aromatic rings. The Morgan fingerprint density at radius 1 is 1.00 bits per heavy atom. The third-order valence-electron chi connectivity index (χ3n) is 4.25. The van der Waals surface area contributed by atoms with Crippen molar-refractivity contribution < 1.29 is 19.1 Å². The van der Waals surface area contributed by atoms with Gasteiger partial charge in [0.2, 0.25) is 0 Å². The van der Waals surface area contributed by atoms with E-state index in [1.165, 1.54) is 12.7 Å². The first-order chi connectivity index (χ1) is 12.8. The highest BCUT2D eigenvalue weighted by Gasteiger charge is 2.15. The molecule has 2 rings (SSSR count). The lowest BCUT2D eigenvalue weighted by atomic mass is 9.99. The Morgan fingerprint density at radius 2 is 1.63 bits per heavy atom. The number of benzene rings is 2. The summed E-state index contributed by atoms with van der Waals surface area (Å²) in [6.07, 6.45) is 0. The summed E-state index contributed by atoms with van der Waals surface area (Å²) in [5.74, 6) is 0.362. The van der Waals surface area contributed by atoms with E-state index in [1.54, 1.807) is 18.2 Å². The zero-order valence-electron chi connectivity index (χ0n) is 16.1. The van der Waals surface area contributed by atoms with Crippen LogP contribution in [0.5, 0.6) is 11.5 Å². The summed E-state index contributed by atoms with van der Waals surface area (Å²) in [6, 6.07) is 12.8. The summed E-state index contributed by atoms with van der Waals surface area (Å²) < 4.78 is 10.5. The smallest absolute Gasteiger partial charge is 0.255 e. The fourth-order valence-electron chi connectivity index (χ4n) is 2.61. The minimum absolute atomic E-state index is 0.143. The predicted octanol–water partition coefficient (Wildman–Crippen LogP) is 3.17. The van der Waals surface area contributed by atoms with Gasteiger partial charge in [0.1, 0.15) is 0 Å². The van der Waals surface area contributed by atoms with Crippen LogP contribution < -0.4 is 20.5 Å². The average molecular weight is 370 g/mol. The van der Waals surface area contributed by atoms with Gasteiger partial charge in [0, 0.05) is 5.56 Å². The van der Waals surface area contributed by atoms with E-state index in [4.69, 9.17) is 15.2 Å². The summed E-state index contributed by atoms with van der Waals surface area (Å²) in [5, 5.41) is 2.97. The number of nitrogens with one attached hydrogen (secondary N) is 1. The molecule has 27 heavy (non-hydrogen) atoms. The number of primary amides is 1. The van der Waals surface area contributed by atoms with E-state index in [0.717, 1.165) is 5.56 Å². The van der Waals surface area contributed by atoms with Gasteiger partial charge >= 0.3 is 0 Å². The maximum Gasteiger partial charge on any atom is 0.255 e. The Kier molecular flexibility index (Phi) is 6.82. The Balaban J connectivity index is 2.09. The molecule has 0 aromatic heterocycles. The number of methoxy groups -OCH3 is 1. The second kappa shape index (κ2) is 9.07. The molecule has 0 radical (unpaired) electrons. The Hall–Kier alpha value is -3.02. The van der Waals surface area contributed by atoms with Gasteiger partial charge in [-0.1, -0.05) is 38.1 Å². The largest absolute Gasteiger partial charge is 0.493 e. The van der Waals surface area contributed by atoms with Crippen LogP contribution in [0.3, 0.4) is 0 Å². The van der Waals surface area contributed by atoms with Crippen LogP contribution in [-0.2, 0) is 4.79 Å². The summed E-state index contributed by atoms with van der Waals surface area (Å²) >= 11 is 0. The second-order valence-corrected chi connectivity index (χ2v) is 6.64. The fraction of sp³-hybridized carbons (Fsp3) is 0.333. The average Bonchev–Trinajstić information content (AvgIpc) is 2.66. The third kappa shape index (κ3) is 5.48. The summed E-state index contributed by atoms with van der Waals surface area (Å²) in [5.41, 5.74) is 7.80. The quantitative estimate of drug-likeness (QED) is 0.747. The Bertz CT molecular complexity index is 800. The number of carbonyl (C=O) groups is 2. The fourth-order valence-corrected chi connectivity index (χ4v) is 2.61. The van der Waals surface area contributed by atoms with Crippen LogP contribution in [0.15, 0.2) is 42.5 Å². The minimum Gasteiger partial charge on any atom is -0.493 e. The topological polar surface area (TPSA) is 90.7 Å². The highest BCUT2D eigenvalue weighted by Crippen LogP contribution is 2.28. The first kappa shape index (κ1) is 20.3. The molecule has 144 valence electrons. The molecule has 0 spiro atoms. The van der Waals surface area contributed by atoms with E-state index in [2.05, 4.69) is 31.3 Å². The highest BCUT2D eigenvalue weighted by molar-refractivity contribution is 5.95. The Morgan fingerprint density at radius 3 is 2.19 bits per heavy atom. The molecule has 0 fully saturated rings. The predicted molar refractivity (Wildman–Crippen MR) is 104 cm³/mol. The van der Waals surface area contributed by atoms with Crippen LogP contribution in [-0.4, -0.2) is 25.5 Å². The number of amides is 2. The van der Waals surface area contributed by atoms with Gasteiger partial charge in [-0.05, 0) is 42.2 Å². The standard InChI is InChI=1S/C21H26N2O4/c1-13(2)15-5-7-16(8-6-15)14(3)23-21(25)17-9-10-18(19(11-17)26-4)27-12-20(22)24/h5-11,13-14H,12H2,1-4H3,(H2,22,24)(H,23,25). The Labute approximate surface area is 159 Å². The van der Waals surface area contributed by atoms with E-state index >= 15 is 0 Å². The van der Waals surface area contributed by atoms with Gasteiger partial charge in [-0.25, -0.2) is 0 Å². The van der Waals surface area contributed by atoms with Crippen molar-refractivity contribution >= 4 is 11.8 Å². The summed E-state index contributed by atoms with van der Waals surface area (Å²) in [6.45, 7) is 5.96. The molecule has 2 aromatic carbocycles. The van der Waals surface area contributed by atoms with Gasteiger partial charge in [0.25, 0.3) is 11.8 Å². The lowest BCUT2D eigenvalue weighted by Gasteiger charge is -2.16. The first-order valence-corrected chi connectivity index (χ1v) is 8.81. The number of ether oxygens (including phenoxy) is 2. The van der Waals surface area contributed by atoms with Crippen molar-refractivity contribution in [1.29, 1.82) is 0 Å². The summed E-state index contributed by atoms with van der Waals surface area (Å²) in [4.78, 5) is 23.4. The minimum atomic E-state index is -0.587. The van der Waals surface area contributed by atoms with Crippen molar-refractivity contribution in [3.8, 4) is 11.5 Å². The molecule has 0 aliphatic rings. The van der Waals surface area contributed by atoms with Crippen LogP contribution in [0.2, 0.25) is 0 Å². The van der Waals surface area contributed by atoms with Gasteiger partial charge in [-0.2, -0.15) is 0 Å². The van der Waals surface area contributed by atoms with Gasteiger partial charge < -0.3 is 20.5 Å². The van der Waals surface area contributed by atoms with Crippen molar-refractivity contribution in [2.45, 2.75) is 32.7 Å². The molecular weight excluding hydrogens is 344 g/mol. The van der Waals surface area contributed by atoms with Crippen LogP contribution in [0.4, 0.5) is 0 Å². The summed E-state index contributed by atoms with van der Waals surface area (Å²) in [7, 11) is 1.47. The highest BCUT2D eigenvalue weighted by atomic mass is 16.5. The van der Waals surface area contributed by atoms with Crippen molar-refractivity contribution in [2.75, 3.05) is 13.7 Å². The zero-order chi connectivity index (χ0) is 20.0. The van der Waals surface area contributed by atoms with Crippen LogP contribution in [0, 0.1) is 0 Å². The molecule has 0 aliphatic heterocycles. The zero-order valence-corrected chi connectivity index (χ0v) is 16.1. The van der Waals surface area contributed by atoms with E-state index < -0.39 is 5.91 Å². The monoisotopic (exact) mass is 370 g/mol. The lowest BCUT2D eigenvalue weighted by Crippen LogP contribution is -2.26. The van der Waals surface area contributed by atoms with Crippen LogP contribution in [0.25, 0.3) is 0 Å². The van der Waals surface area contributed by atoms with E-state index in [0.29, 0.717) is 23.0 Å². The third-order valence-corrected chi connectivity index (χ3v) is 4.25. The molecule has 0 saturated carbocycles. The number of hydrogen-bond acceptors (Lipinski definition) is 4. The SMILES string of the molecule is COc1cc(C(=O)NC(C)c2ccc(C(C)C)cc2)ccc1OCC(N)=O. The van der Waals surface area contributed by atoms with Crippen LogP contribution in [0.1, 0.15) is 54.2 Å². The normalized spacial score (nSPS) is 11.7. The molecule has 1 atom stereocenters. The van der Waals surface area contributed by atoms with Gasteiger partial charge in [-0.15, -0.1) is 0 Å². The maximum absolute atomic E-state index is 12.6. The number of rotatable bonds is 8. The van der Waals surface area contributed by atoms with Crippen molar-refractivity contribution in [3.05, 3.63) is 59.2 Å². The molecule has 3 N–H and O–H groups in total. The molecule has 2 amide bonds. The molecular formula is C21H26N2O4. The first-order valence-electron chi connectivity index (χ1n) is 8.81. The number of carbonyl (C=O) groups excluding carboxylic acids is 2. The van der Waals surface area contributed by atoms with Crippen molar-refractivity contribution in [1.82, 2.24) is 5.32 Å². The molecule has 0 saturated heterocycles.